The minimum atomic E-state index is -0.354. The van der Waals surface area contributed by atoms with E-state index in [4.69, 9.17) is 4.74 Å². The van der Waals surface area contributed by atoms with Crippen molar-refractivity contribution in [2.45, 2.75) is 23.1 Å². The summed E-state index contributed by atoms with van der Waals surface area (Å²) in [5, 5.41) is 8.69. The van der Waals surface area contributed by atoms with Gasteiger partial charge in [-0.3, -0.25) is 4.79 Å². The van der Waals surface area contributed by atoms with Crippen molar-refractivity contribution in [2.75, 3.05) is 6.61 Å². The SMILES string of the molecule is Cc1nnc(SC2OCCC2=O)s1. The minimum Gasteiger partial charge on any atom is -0.359 e. The average molecular weight is 216 g/mol. The highest BCUT2D eigenvalue weighted by Gasteiger charge is 2.27. The summed E-state index contributed by atoms with van der Waals surface area (Å²) in [5.41, 5.74) is -0.354. The lowest BCUT2D eigenvalue weighted by Crippen LogP contribution is -2.09. The number of ketones is 1. The Morgan fingerprint density at radius 2 is 2.46 bits per heavy atom. The van der Waals surface area contributed by atoms with Crippen molar-refractivity contribution in [1.82, 2.24) is 10.2 Å². The van der Waals surface area contributed by atoms with Crippen LogP contribution in [0.25, 0.3) is 0 Å². The number of carbonyl (C=O) groups is 1. The molecule has 6 heteroatoms. The van der Waals surface area contributed by atoms with Gasteiger partial charge in [0.15, 0.2) is 15.6 Å². The molecular weight excluding hydrogens is 208 g/mol. The Morgan fingerprint density at radius 3 is 3.00 bits per heavy atom. The Bertz CT molecular complexity index is 326. The highest BCUT2D eigenvalue weighted by molar-refractivity contribution is 8.02. The second-order valence-corrected chi connectivity index (χ2v) is 5.11. The Labute approximate surface area is 83.7 Å². The maximum atomic E-state index is 11.2. The number of hydrogen-bond acceptors (Lipinski definition) is 6. The van der Waals surface area contributed by atoms with Gasteiger partial charge in [-0.25, -0.2) is 0 Å². The molecule has 13 heavy (non-hydrogen) atoms. The molecule has 1 aromatic heterocycles. The molecule has 1 aliphatic heterocycles. The molecule has 0 spiro atoms. The first-order valence-electron chi connectivity index (χ1n) is 3.87. The number of aromatic nitrogens is 2. The molecule has 0 aromatic carbocycles. The van der Waals surface area contributed by atoms with Gasteiger partial charge in [-0.1, -0.05) is 23.1 Å². The number of aryl methyl sites for hydroxylation is 1. The van der Waals surface area contributed by atoms with Crippen molar-refractivity contribution in [3.8, 4) is 0 Å². The van der Waals surface area contributed by atoms with Crippen molar-refractivity contribution in [1.29, 1.82) is 0 Å². The summed E-state index contributed by atoms with van der Waals surface area (Å²) >= 11 is 2.84. The van der Waals surface area contributed by atoms with Crippen LogP contribution in [0.4, 0.5) is 0 Å². The smallest absolute Gasteiger partial charge is 0.177 e. The first kappa shape index (κ1) is 9.11. The number of thioether (sulfide) groups is 1. The lowest BCUT2D eigenvalue weighted by Gasteiger charge is -2.02. The van der Waals surface area contributed by atoms with Gasteiger partial charge in [-0.05, 0) is 6.92 Å². The van der Waals surface area contributed by atoms with Crippen LogP contribution < -0.4 is 0 Å². The van der Waals surface area contributed by atoms with Crippen LogP contribution in [0.15, 0.2) is 4.34 Å². The fraction of sp³-hybridized carbons (Fsp3) is 0.571. The average Bonchev–Trinajstić information content (AvgIpc) is 2.64. The summed E-state index contributed by atoms with van der Waals surface area (Å²) < 4.78 is 6.03. The van der Waals surface area contributed by atoms with Crippen LogP contribution in [0.5, 0.6) is 0 Å². The molecule has 0 bridgehead atoms. The van der Waals surface area contributed by atoms with Gasteiger partial charge in [0.1, 0.15) is 5.01 Å². The third-order valence-electron chi connectivity index (χ3n) is 1.60. The fourth-order valence-corrected chi connectivity index (χ4v) is 2.91. The summed E-state index contributed by atoms with van der Waals surface area (Å²) in [6.07, 6.45) is 0.523. The summed E-state index contributed by atoms with van der Waals surface area (Å²) in [6, 6.07) is 0. The van der Waals surface area contributed by atoms with Crippen LogP contribution in [0, 0.1) is 6.92 Å². The molecule has 1 unspecified atom stereocenters. The van der Waals surface area contributed by atoms with Gasteiger partial charge in [0.05, 0.1) is 6.61 Å². The monoisotopic (exact) mass is 216 g/mol. The van der Waals surface area contributed by atoms with Crippen LogP contribution in [0.1, 0.15) is 11.4 Å². The van der Waals surface area contributed by atoms with Crippen LogP contribution in [-0.4, -0.2) is 28.0 Å². The van der Waals surface area contributed by atoms with E-state index in [1.807, 2.05) is 6.92 Å². The topological polar surface area (TPSA) is 52.1 Å². The van der Waals surface area contributed by atoms with E-state index in [-0.39, 0.29) is 11.2 Å². The first-order chi connectivity index (χ1) is 6.25. The molecule has 0 amide bonds. The molecule has 1 saturated heterocycles. The standard InChI is InChI=1S/C7H8N2O2S2/c1-4-8-9-7(12-4)13-6-5(10)2-3-11-6/h6H,2-3H2,1H3. The van der Waals surface area contributed by atoms with Gasteiger partial charge < -0.3 is 4.74 Å². The quantitative estimate of drug-likeness (QED) is 0.744. The Kier molecular flexibility index (Phi) is 2.61. The molecule has 2 rings (SSSR count). The Hall–Kier alpha value is -0.460. The zero-order valence-electron chi connectivity index (χ0n) is 7.02. The highest BCUT2D eigenvalue weighted by atomic mass is 32.2. The van der Waals surface area contributed by atoms with Gasteiger partial charge in [0.2, 0.25) is 0 Å². The van der Waals surface area contributed by atoms with Crippen LogP contribution >= 0.6 is 23.1 Å². The fourth-order valence-electron chi connectivity index (χ4n) is 0.995. The Morgan fingerprint density at radius 1 is 1.62 bits per heavy atom. The summed E-state index contributed by atoms with van der Waals surface area (Å²) in [5.74, 6) is 0.151. The lowest BCUT2D eigenvalue weighted by molar-refractivity contribution is -0.119. The third-order valence-corrected chi connectivity index (χ3v) is 3.66. The number of rotatable bonds is 2. The lowest BCUT2D eigenvalue weighted by atomic mass is 10.4. The van der Waals surface area contributed by atoms with Crippen LogP contribution in [-0.2, 0) is 9.53 Å². The summed E-state index contributed by atoms with van der Waals surface area (Å²) in [6.45, 7) is 2.42. The van der Waals surface area contributed by atoms with Gasteiger partial charge >= 0.3 is 0 Å². The number of Topliss-reactive ketones (excluding diaryl/α,β-unsaturated/α-hetero) is 1. The van der Waals surface area contributed by atoms with Crippen molar-refractivity contribution in [2.24, 2.45) is 0 Å². The molecule has 0 radical (unpaired) electrons. The van der Waals surface area contributed by atoms with E-state index in [2.05, 4.69) is 10.2 Å². The molecule has 1 aliphatic rings. The number of nitrogens with zero attached hydrogens (tertiary/aromatic N) is 2. The van der Waals surface area contributed by atoms with Crippen LogP contribution in [0.3, 0.4) is 0 Å². The van der Waals surface area contributed by atoms with E-state index in [0.29, 0.717) is 13.0 Å². The minimum absolute atomic E-state index is 0.151. The van der Waals surface area contributed by atoms with Crippen molar-refractivity contribution >= 4 is 28.9 Å². The first-order valence-corrected chi connectivity index (χ1v) is 5.56. The van der Waals surface area contributed by atoms with E-state index in [1.165, 1.54) is 23.1 Å². The van der Waals surface area contributed by atoms with Crippen molar-refractivity contribution in [3.63, 3.8) is 0 Å². The predicted octanol–water partition coefficient (Wildman–Crippen LogP) is 1.25. The zero-order chi connectivity index (χ0) is 9.26. The van der Waals surface area contributed by atoms with Gasteiger partial charge in [-0.15, -0.1) is 10.2 Å². The van der Waals surface area contributed by atoms with Crippen LogP contribution in [0.2, 0.25) is 0 Å². The van der Waals surface area contributed by atoms with E-state index in [0.717, 1.165) is 9.35 Å². The molecule has 4 nitrogen and oxygen atoms in total. The molecule has 70 valence electrons. The number of hydrogen-bond donors (Lipinski definition) is 0. The zero-order valence-corrected chi connectivity index (χ0v) is 8.65. The molecule has 2 heterocycles. The summed E-state index contributed by atoms with van der Waals surface area (Å²) in [4.78, 5) is 11.2. The molecule has 1 fully saturated rings. The van der Waals surface area contributed by atoms with E-state index < -0.39 is 0 Å². The molecular formula is C7H8N2O2S2. The van der Waals surface area contributed by atoms with E-state index in [9.17, 15) is 4.79 Å². The number of ether oxygens (including phenoxy) is 1. The Balaban J connectivity index is 2.01. The maximum Gasteiger partial charge on any atom is 0.177 e. The van der Waals surface area contributed by atoms with Gasteiger partial charge in [0, 0.05) is 6.42 Å². The predicted molar refractivity (Wildman–Crippen MR) is 49.9 cm³/mol. The second kappa shape index (κ2) is 3.73. The number of carbonyl (C=O) groups excluding carboxylic acids is 1. The van der Waals surface area contributed by atoms with Gasteiger partial charge in [-0.2, -0.15) is 0 Å². The van der Waals surface area contributed by atoms with Crippen molar-refractivity contribution < 1.29 is 9.53 Å². The normalized spacial score (nSPS) is 22.5. The summed E-state index contributed by atoms with van der Waals surface area (Å²) in [7, 11) is 0. The third kappa shape index (κ3) is 2.07. The molecule has 0 N–H and O–H groups in total. The molecule has 0 aliphatic carbocycles. The van der Waals surface area contributed by atoms with Gasteiger partial charge in [0.25, 0.3) is 0 Å². The molecule has 0 saturated carbocycles. The second-order valence-electron chi connectivity index (χ2n) is 2.62. The van der Waals surface area contributed by atoms with E-state index in [1.54, 1.807) is 0 Å². The highest BCUT2D eigenvalue weighted by Crippen LogP contribution is 2.30. The molecule has 1 atom stereocenters. The van der Waals surface area contributed by atoms with Crippen molar-refractivity contribution in [3.05, 3.63) is 5.01 Å². The molecule has 1 aromatic rings. The van der Waals surface area contributed by atoms with E-state index >= 15 is 0 Å². The maximum absolute atomic E-state index is 11.2. The largest absolute Gasteiger partial charge is 0.359 e.